The highest BCUT2D eigenvalue weighted by Crippen LogP contribution is 2.37. The van der Waals surface area contributed by atoms with Gasteiger partial charge in [-0.1, -0.05) is 31.5 Å². The Morgan fingerprint density at radius 1 is 1.22 bits per heavy atom. The van der Waals surface area contributed by atoms with Crippen LogP contribution >= 0.6 is 24.0 Å². The molecule has 2 rings (SSSR count). The van der Waals surface area contributed by atoms with Gasteiger partial charge in [-0.05, 0) is 30.0 Å². The van der Waals surface area contributed by atoms with Gasteiger partial charge in [0.05, 0.1) is 10.6 Å². The monoisotopic (exact) mass is 370 g/mol. The van der Waals surface area contributed by atoms with Gasteiger partial charge in [0, 0.05) is 32.2 Å². The van der Waals surface area contributed by atoms with Gasteiger partial charge in [-0.25, -0.2) is 0 Å². The number of nitrogens with one attached hydrogen (secondary N) is 1. The van der Waals surface area contributed by atoms with Gasteiger partial charge in [-0.2, -0.15) is 13.2 Å². The van der Waals surface area contributed by atoms with E-state index in [0.717, 1.165) is 44.2 Å². The SMILES string of the molecule is CC(C)C[C@H](c1ccc(C(F)(F)F)c(Cl)c1)N1CCNCC1.Cl. The summed E-state index contributed by atoms with van der Waals surface area (Å²) in [4.78, 5) is 2.33. The maximum Gasteiger partial charge on any atom is 0.417 e. The minimum atomic E-state index is -4.40. The lowest BCUT2D eigenvalue weighted by Crippen LogP contribution is -2.45. The van der Waals surface area contributed by atoms with Crippen molar-refractivity contribution in [2.75, 3.05) is 26.2 Å². The predicted molar refractivity (Wildman–Crippen MR) is 90.3 cm³/mol. The Labute approximate surface area is 146 Å². The van der Waals surface area contributed by atoms with Gasteiger partial charge in [0.25, 0.3) is 0 Å². The van der Waals surface area contributed by atoms with Crippen molar-refractivity contribution in [1.82, 2.24) is 10.2 Å². The van der Waals surface area contributed by atoms with E-state index >= 15 is 0 Å². The molecular formula is C16H23Cl2F3N2. The molecule has 1 aromatic rings. The summed E-state index contributed by atoms with van der Waals surface area (Å²) in [7, 11) is 0. The molecule has 0 unspecified atom stereocenters. The van der Waals surface area contributed by atoms with Crippen molar-refractivity contribution in [2.45, 2.75) is 32.5 Å². The highest BCUT2D eigenvalue weighted by Gasteiger charge is 2.34. The van der Waals surface area contributed by atoms with Crippen LogP contribution in [-0.2, 0) is 6.18 Å². The van der Waals surface area contributed by atoms with Gasteiger partial charge in [0.1, 0.15) is 0 Å². The Balaban J connectivity index is 0.00000264. The number of hydrogen-bond donors (Lipinski definition) is 1. The maximum atomic E-state index is 12.8. The van der Waals surface area contributed by atoms with Crippen LogP contribution in [-0.4, -0.2) is 31.1 Å². The Kier molecular flexibility index (Phi) is 7.65. The van der Waals surface area contributed by atoms with Crippen LogP contribution in [0.4, 0.5) is 13.2 Å². The molecule has 0 bridgehead atoms. The maximum absolute atomic E-state index is 12.8. The van der Waals surface area contributed by atoms with Gasteiger partial charge in [-0.15, -0.1) is 12.4 Å². The van der Waals surface area contributed by atoms with E-state index in [0.29, 0.717) is 5.92 Å². The number of alkyl halides is 3. The smallest absolute Gasteiger partial charge is 0.314 e. The molecule has 1 atom stereocenters. The fraction of sp³-hybridized carbons (Fsp3) is 0.625. The molecule has 1 saturated heterocycles. The Morgan fingerprint density at radius 2 is 1.83 bits per heavy atom. The number of benzene rings is 1. The van der Waals surface area contributed by atoms with Crippen LogP contribution < -0.4 is 5.32 Å². The fourth-order valence-electron chi connectivity index (χ4n) is 2.90. The molecule has 0 spiro atoms. The van der Waals surface area contributed by atoms with Crippen LogP contribution in [0.2, 0.25) is 5.02 Å². The third kappa shape index (κ3) is 5.52. The second-order valence-electron chi connectivity index (χ2n) is 6.17. The number of hydrogen-bond acceptors (Lipinski definition) is 2. The lowest BCUT2D eigenvalue weighted by atomic mass is 9.94. The number of nitrogens with zero attached hydrogens (tertiary/aromatic N) is 1. The van der Waals surface area contributed by atoms with Gasteiger partial charge in [0.15, 0.2) is 0 Å². The van der Waals surface area contributed by atoms with Crippen LogP contribution in [0, 0.1) is 5.92 Å². The minimum absolute atomic E-state index is 0. The Morgan fingerprint density at radius 3 is 2.30 bits per heavy atom. The molecule has 1 aromatic carbocycles. The normalized spacial score (nSPS) is 17.9. The lowest BCUT2D eigenvalue weighted by molar-refractivity contribution is -0.137. The largest absolute Gasteiger partial charge is 0.417 e. The summed E-state index contributed by atoms with van der Waals surface area (Å²) in [6.07, 6.45) is -3.50. The number of rotatable bonds is 4. The molecule has 0 aromatic heterocycles. The topological polar surface area (TPSA) is 15.3 Å². The van der Waals surface area contributed by atoms with Crippen molar-refractivity contribution >= 4 is 24.0 Å². The molecule has 1 aliphatic rings. The van der Waals surface area contributed by atoms with E-state index in [4.69, 9.17) is 11.6 Å². The van der Waals surface area contributed by atoms with Crippen LogP contribution in [0.25, 0.3) is 0 Å². The van der Waals surface area contributed by atoms with Crippen LogP contribution in [0.15, 0.2) is 18.2 Å². The van der Waals surface area contributed by atoms with Crippen molar-refractivity contribution in [3.63, 3.8) is 0 Å². The summed E-state index contributed by atoms with van der Waals surface area (Å²) in [6, 6.07) is 4.28. The van der Waals surface area contributed by atoms with E-state index in [1.54, 1.807) is 6.07 Å². The molecule has 7 heteroatoms. The summed E-state index contributed by atoms with van der Waals surface area (Å²) in [6.45, 7) is 7.86. The third-order valence-corrected chi connectivity index (χ3v) is 4.28. The van der Waals surface area contributed by atoms with Crippen LogP contribution in [0.3, 0.4) is 0 Å². The number of halogens is 5. The quantitative estimate of drug-likeness (QED) is 0.820. The fourth-order valence-corrected chi connectivity index (χ4v) is 3.20. The molecule has 0 aliphatic carbocycles. The first-order valence-corrected chi connectivity index (χ1v) is 7.98. The van der Waals surface area contributed by atoms with E-state index in [-0.39, 0.29) is 23.5 Å². The van der Waals surface area contributed by atoms with E-state index in [1.165, 1.54) is 6.07 Å². The second-order valence-corrected chi connectivity index (χ2v) is 6.58. The summed E-state index contributed by atoms with van der Waals surface area (Å²) < 4.78 is 38.5. The minimum Gasteiger partial charge on any atom is -0.314 e. The molecular weight excluding hydrogens is 348 g/mol. The van der Waals surface area contributed by atoms with Gasteiger partial charge >= 0.3 is 6.18 Å². The zero-order valence-corrected chi connectivity index (χ0v) is 14.9. The summed E-state index contributed by atoms with van der Waals surface area (Å²) in [5.74, 6) is 0.459. The zero-order valence-electron chi connectivity index (χ0n) is 13.3. The third-order valence-electron chi connectivity index (χ3n) is 3.97. The molecule has 1 aliphatic heterocycles. The van der Waals surface area contributed by atoms with Crippen LogP contribution in [0.5, 0.6) is 0 Å². The molecule has 1 N–H and O–H groups in total. The molecule has 0 radical (unpaired) electrons. The van der Waals surface area contributed by atoms with Crippen molar-refractivity contribution in [3.8, 4) is 0 Å². The van der Waals surface area contributed by atoms with Crippen molar-refractivity contribution < 1.29 is 13.2 Å². The van der Waals surface area contributed by atoms with Gasteiger partial charge in [0.2, 0.25) is 0 Å². The highest BCUT2D eigenvalue weighted by molar-refractivity contribution is 6.31. The van der Waals surface area contributed by atoms with Crippen molar-refractivity contribution in [3.05, 3.63) is 34.3 Å². The lowest BCUT2D eigenvalue weighted by Gasteiger charge is -2.36. The summed E-state index contributed by atoms with van der Waals surface area (Å²) >= 11 is 5.88. The molecule has 132 valence electrons. The van der Waals surface area contributed by atoms with Crippen LogP contribution in [0.1, 0.15) is 37.4 Å². The molecule has 2 nitrogen and oxygen atoms in total. The standard InChI is InChI=1S/C16H22ClF3N2.ClH/c1-11(2)9-15(22-7-5-21-6-8-22)12-3-4-13(14(17)10-12)16(18,19)20;/h3-4,10-11,15,21H,5-9H2,1-2H3;1H/t15-;/m1./s1. The Hall–Kier alpha value is -0.490. The van der Waals surface area contributed by atoms with Gasteiger partial charge < -0.3 is 5.32 Å². The summed E-state index contributed by atoms with van der Waals surface area (Å²) in [5.41, 5.74) is 0.107. The molecule has 1 heterocycles. The number of piperazine rings is 1. The first-order valence-electron chi connectivity index (χ1n) is 7.60. The first-order chi connectivity index (χ1) is 10.3. The second kappa shape index (κ2) is 8.56. The average molecular weight is 371 g/mol. The molecule has 0 amide bonds. The van der Waals surface area contributed by atoms with Crippen molar-refractivity contribution in [1.29, 1.82) is 0 Å². The van der Waals surface area contributed by atoms with E-state index in [2.05, 4.69) is 24.1 Å². The molecule has 0 saturated carbocycles. The van der Waals surface area contributed by atoms with Gasteiger partial charge in [-0.3, -0.25) is 4.90 Å². The highest BCUT2D eigenvalue weighted by atomic mass is 35.5. The first kappa shape index (κ1) is 20.6. The zero-order chi connectivity index (χ0) is 16.3. The van der Waals surface area contributed by atoms with Crippen molar-refractivity contribution in [2.24, 2.45) is 5.92 Å². The van der Waals surface area contributed by atoms with E-state index in [1.807, 2.05) is 0 Å². The Bertz CT molecular complexity index is 501. The molecule has 23 heavy (non-hydrogen) atoms. The average Bonchev–Trinajstić information content (AvgIpc) is 2.44. The summed E-state index contributed by atoms with van der Waals surface area (Å²) in [5, 5.41) is 3.08. The van der Waals surface area contributed by atoms with E-state index < -0.39 is 11.7 Å². The van der Waals surface area contributed by atoms with E-state index in [9.17, 15) is 13.2 Å². The predicted octanol–water partition coefficient (Wildman–Crippen LogP) is 4.77. The molecule has 1 fully saturated rings.